The summed E-state index contributed by atoms with van der Waals surface area (Å²) in [6.07, 6.45) is 0. The highest BCUT2D eigenvalue weighted by molar-refractivity contribution is 5.92. The van der Waals surface area contributed by atoms with Gasteiger partial charge in [-0.05, 0) is 26.0 Å². The fourth-order valence-corrected chi connectivity index (χ4v) is 1.35. The number of nitrogens with one attached hydrogen (secondary N) is 2. The first-order valence-corrected chi connectivity index (χ1v) is 5.70. The van der Waals surface area contributed by atoms with Crippen LogP contribution in [0, 0.1) is 6.92 Å². The van der Waals surface area contributed by atoms with E-state index in [-0.39, 0.29) is 12.5 Å². The topological polar surface area (TPSA) is 67.4 Å². The lowest BCUT2D eigenvalue weighted by Crippen LogP contribution is -2.39. The maximum Gasteiger partial charge on any atom is 0.322 e. The Hall–Kier alpha value is -1.88. The van der Waals surface area contributed by atoms with Crippen molar-refractivity contribution in [3.8, 4) is 0 Å². The minimum absolute atomic E-state index is 0.0597. The number of aryl methyl sites for hydroxylation is 1. The van der Waals surface area contributed by atoms with Crippen molar-refractivity contribution >= 4 is 17.6 Å². The first-order valence-electron chi connectivity index (χ1n) is 5.70. The van der Waals surface area contributed by atoms with E-state index in [0.717, 1.165) is 11.3 Å². The number of esters is 1. The number of carbonyl (C=O) groups excluding carboxylic acids is 2. The average molecular weight is 250 g/mol. The Morgan fingerprint density at radius 3 is 2.44 bits per heavy atom. The minimum Gasteiger partial charge on any atom is -0.468 e. The summed E-state index contributed by atoms with van der Waals surface area (Å²) >= 11 is 0. The third-order valence-electron chi connectivity index (χ3n) is 2.46. The zero-order valence-corrected chi connectivity index (χ0v) is 10.8. The maximum absolute atomic E-state index is 11.6. The molecular formula is C13H18N2O3. The van der Waals surface area contributed by atoms with Gasteiger partial charge in [0.25, 0.3) is 0 Å². The standard InChI is InChI=1S/C13H18N2O3/c1-9-4-6-11(7-5-9)15-12(16)8-14-10(2)13(17)18-3/h4-7,10,14H,8H2,1-3H3,(H,15,16). The average Bonchev–Trinajstić information content (AvgIpc) is 2.37. The van der Waals surface area contributed by atoms with Gasteiger partial charge in [-0.3, -0.25) is 14.9 Å². The molecule has 1 rings (SSSR count). The third-order valence-corrected chi connectivity index (χ3v) is 2.46. The van der Waals surface area contributed by atoms with Gasteiger partial charge in [0.15, 0.2) is 0 Å². The monoisotopic (exact) mass is 250 g/mol. The fourth-order valence-electron chi connectivity index (χ4n) is 1.35. The first-order chi connectivity index (χ1) is 8.52. The van der Waals surface area contributed by atoms with E-state index >= 15 is 0 Å². The van der Waals surface area contributed by atoms with E-state index in [1.807, 2.05) is 31.2 Å². The van der Waals surface area contributed by atoms with Gasteiger partial charge in [0.05, 0.1) is 13.7 Å². The smallest absolute Gasteiger partial charge is 0.322 e. The van der Waals surface area contributed by atoms with Crippen molar-refractivity contribution in [1.29, 1.82) is 0 Å². The van der Waals surface area contributed by atoms with Crippen molar-refractivity contribution in [1.82, 2.24) is 5.32 Å². The second-order valence-corrected chi connectivity index (χ2v) is 4.04. The van der Waals surface area contributed by atoms with E-state index in [1.54, 1.807) is 6.92 Å². The highest BCUT2D eigenvalue weighted by atomic mass is 16.5. The molecular weight excluding hydrogens is 232 g/mol. The highest BCUT2D eigenvalue weighted by Crippen LogP contribution is 2.07. The SMILES string of the molecule is COC(=O)C(C)NCC(=O)Nc1ccc(C)cc1. The molecule has 0 saturated heterocycles. The Morgan fingerprint density at radius 1 is 1.28 bits per heavy atom. The number of carbonyl (C=O) groups is 2. The molecule has 0 saturated carbocycles. The van der Waals surface area contributed by atoms with Gasteiger partial charge < -0.3 is 10.1 Å². The van der Waals surface area contributed by atoms with Crippen LogP contribution in [0.2, 0.25) is 0 Å². The Kier molecular flexibility index (Phi) is 5.32. The van der Waals surface area contributed by atoms with Gasteiger partial charge in [-0.1, -0.05) is 17.7 Å². The molecule has 5 heteroatoms. The van der Waals surface area contributed by atoms with E-state index in [2.05, 4.69) is 15.4 Å². The van der Waals surface area contributed by atoms with E-state index in [9.17, 15) is 9.59 Å². The Balaban J connectivity index is 2.38. The van der Waals surface area contributed by atoms with Crippen molar-refractivity contribution < 1.29 is 14.3 Å². The number of anilines is 1. The molecule has 0 heterocycles. The van der Waals surface area contributed by atoms with Crippen molar-refractivity contribution in [2.24, 2.45) is 0 Å². The van der Waals surface area contributed by atoms with Gasteiger partial charge in [-0.25, -0.2) is 0 Å². The van der Waals surface area contributed by atoms with Gasteiger partial charge in [-0.2, -0.15) is 0 Å². The molecule has 1 atom stereocenters. The number of ether oxygens (including phenoxy) is 1. The molecule has 2 N–H and O–H groups in total. The molecule has 18 heavy (non-hydrogen) atoms. The highest BCUT2D eigenvalue weighted by Gasteiger charge is 2.13. The van der Waals surface area contributed by atoms with Crippen LogP contribution < -0.4 is 10.6 Å². The summed E-state index contributed by atoms with van der Waals surface area (Å²) in [6, 6.07) is 6.99. The second kappa shape index (κ2) is 6.76. The number of methoxy groups -OCH3 is 1. The molecule has 0 radical (unpaired) electrons. The van der Waals surface area contributed by atoms with Gasteiger partial charge in [-0.15, -0.1) is 0 Å². The number of hydrogen-bond donors (Lipinski definition) is 2. The normalized spacial score (nSPS) is 11.7. The van der Waals surface area contributed by atoms with E-state index in [4.69, 9.17) is 0 Å². The number of amides is 1. The third kappa shape index (κ3) is 4.55. The van der Waals surface area contributed by atoms with Gasteiger partial charge in [0, 0.05) is 5.69 Å². The van der Waals surface area contributed by atoms with Crippen LogP contribution in [-0.2, 0) is 14.3 Å². The Labute approximate surface area is 107 Å². The molecule has 1 aromatic rings. The van der Waals surface area contributed by atoms with Crippen LogP contribution in [0.5, 0.6) is 0 Å². The van der Waals surface area contributed by atoms with Crippen LogP contribution in [-0.4, -0.2) is 31.6 Å². The molecule has 0 bridgehead atoms. The predicted molar refractivity (Wildman–Crippen MR) is 69.3 cm³/mol. The summed E-state index contributed by atoms with van der Waals surface area (Å²) in [7, 11) is 1.31. The summed E-state index contributed by atoms with van der Waals surface area (Å²) in [5.41, 5.74) is 1.86. The molecule has 0 aliphatic carbocycles. The van der Waals surface area contributed by atoms with Crippen LogP contribution in [0.3, 0.4) is 0 Å². The van der Waals surface area contributed by atoms with Gasteiger partial charge >= 0.3 is 5.97 Å². The second-order valence-electron chi connectivity index (χ2n) is 4.04. The van der Waals surface area contributed by atoms with Crippen molar-refractivity contribution in [3.05, 3.63) is 29.8 Å². The van der Waals surface area contributed by atoms with Gasteiger partial charge in [0.2, 0.25) is 5.91 Å². The molecule has 0 fully saturated rings. The van der Waals surface area contributed by atoms with Crippen LogP contribution in [0.1, 0.15) is 12.5 Å². The lowest BCUT2D eigenvalue weighted by molar-refractivity contribution is -0.142. The molecule has 0 aliphatic heterocycles. The summed E-state index contributed by atoms with van der Waals surface area (Å²) in [5.74, 6) is -0.590. The summed E-state index contributed by atoms with van der Waals surface area (Å²) in [6.45, 7) is 3.68. The summed E-state index contributed by atoms with van der Waals surface area (Å²) < 4.78 is 4.54. The molecule has 0 spiro atoms. The number of rotatable bonds is 5. The van der Waals surface area contributed by atoms with Crippen molar-refractivity contribution in [3.63, 3.8) is 0 Å². The fraction of sp³-hybridized carbons (Fsp3) is 0.385. The number of benzene rings is 1. The lowest BCUT2D eigenvalue weighted by atomic mass is 10.2. The van der Waals surface area contributed by atoms with Crippen LogP contribution in [0.15, 0.2) is 24.3 Å². The molecule has 0 aromatic heterocycles. The zero-order valence-electron chi connectivity index (χ0n) is 10.8. The summed E-state index contributed by atoms with van der Waals surface area (Å²) in [4.78, 5) is 22.7. The van der Waals surface area contributed by atoms with Crippen LogP contribution in [0.25, 0.3) is 0 Å². The number of hydrogen-bond acceptors (Lipinski definition) is 4. The van der Waals surface area contributed by atoms with Crippen molar-refractivity contribution in [2.75, 3.05) is 19.0 Å². The molecule has 5 nitrogen and oxygen atoms in total. The van der Waals surface area contributed by atoms with E-state index < -0.39 is 12.0 Å². The molecule has 0 aliphatic rings. The van der Waals surface area contributed by atoms with Gasteiger partial charge in [0.1, 0.15) is 6.04 Å². The molecule has 1 amide bonds. The lowest BCUT2D eigenvalue weighted by Gasteiger charge is -2.11. The molecule has 1 unspecified atom stereocenters. The summed E-state index contributed by atoms with van der Waals surface area (Å²) in [5, 5.41) is 5.51. The van der Waals surface area contributed by atoms with Crippen molar-refractivity contribution in [2.45, 2.75) is 19.9 Å². The Bertz CT molecular complexity index is 415. The quantitative estimate of drug-likeness (QED) is 0.767. The largest absolute Gasteiger partial charge is 0.468 e. The molecule has 98 valence electrons. The van der Waals surface area contributed by atoms with Crippen LogP contribution >= 0.6 is 0 Å². The van der Waals surface area contributed by atoms with Crippen LogP contribution in [0.4, 0.5) is 5.69 Å². The maximum atomic E-state index is 11.6. The minimum atomic E-state index is -0.501. The van der Waals surface area contributed by atoms with E-state index in [0.29, 0.717) is 0 Å². The molecule has 1 aromatic carbocycles. The first kappa shape index (κ1) is 14.2. The Morgan fingerprint density at radius 2 is 1.89 bits per heavy atom. The zero-order chi connectivity index (χ0) is 13.5. The van der Waals surface area contributed by atoms with E-state index in [1.165, 1.54) is 7.11 Å². The predicted octanol–water partition coefficient (Wildman–Crippen LogP) is 1.08.